The second-order valence-corrected chi connectivity index (χ2v) is 3.36. The predicted molar refractivity (Wildman–Crippen MR) is 49.4 cm³/mol. The third-order valence-electron chi connectivity index (χ3n) is 1.60. The van der Waals surface area contributed by atoms with Gasteiger partial charge in [-0.2, -0.15) is 0 Å². The molecule has 0 saturated heterocycles. The number of rotatable bonds is 3. The third-order valence-corrected chi connectivity index (χ3v) is 2.33. The van der Waals surface area contributed by atoms with Crippen LogP contribution in [0.1, 0.15) is 5.56 Å². The number of benzene rings is 1. The van der Waals surface area contributed by atoms with Crippen LogP contribution in [0.2, 0.25) is 0 Å². The zero-order valence-electron chi connectivity index (χ0n) is 7.04. The van der Waals surface area contributed by atoms with Crippen LogP contribution in [0.3, 0.4) is 0 Å². The van der Waals surface area contributed by atoms with E-state index in [-0.39, 0.29) is 6.42 Å². The molecule has 0 radical (unpaired) electrons. The van der Waals surface area contributed by atoms with Crippen LogP contribution in [0.4, 0.5) is 0 Å². The number of methoxy groups -OCH3 is 1. The molecule has 0 bridgehead atoms. The van der Waals surface area contributed by atoms with Gasteiger partial charge in [0.05, 0.1) is 7.11 Å². The summed E-state index contributed by atoms with van der Waals surface area (Å²) in [5, 5.41) is 10.3. The van der Waals surface area contributed by atoms with Gasteiger partial charge in [-0.1, -0.05) is 22.0 Å². The van der Waals surface area contributed by atoms with Gasteiger partial charge in [-0.05, 0) is 17.7 Å². The minimum absolute atomic E-state index is 0.0927. The summed E-state index contributed by atoms with van der Waals surface area (Å²) in [4.78, 5) is 10.3. The van der Waals surface area contributed by atoms with Crippen LogP contribution < -0.4 is 9.84 Å². The van der Waals surface area contributed by atoms with Crippen LogP contribution in [0, 0.1) is 0 Å². The molecule has 0 aromatic heterocycles. The predicted octanol–water partition coefficient (Wildman–Crippen LogP) is 0.750. The van der Waals surface area contributed by atoms with Gasteiger partial charge in [-0.15, -0.1) is 0 Å². The van der Waals surface area contributed by atoms with Crippen molar-refractivity contribution >= 4 is 21.9 Å². The lowest BCUT2D eigenvalue weighted by Crippen LogP contribution is -2.24. The van der Waals surface area contributed by atoms with Crippen molar-refractivity contribution in [2.75, 3.05) is 7.11 Å². The Hall–Kier alpha value is -1.03. The van der Waals surface area contributed by atoms with E-state index in [1.807, 2.05) is 0 Å². The molecule has 0 fully saturated rings. The molecule has 0 atom stereocenters. The van der Waals surface area contributed by atoms with E-state index < -0.39 is 5.97 Å². The van der Waals surface area contributed by atoms with E-state index in [0.717, 1.165) is 4.47 Å². The number of halogens is 1. The molecule has 70 valence electrons. The maximum absolute atomic E-state index is 10.3. The van der Waals surface area contributed by atoms with Gasteiger partial charge in [-0.25, -0.2) is 0 Å². The molecule has 0 heterocycles. The van der Waals surface area contributed by atoms with Gasteiger partial charge in [0.1, 0.15) is 5.75 Å². The van der Waals surface area contributed by atoms with Gasteiger partial charge < -0.3 is 14.6 Å². The maximum atomic E-state index is 10.3. The van der Waals surface area contributed by atoms with Crippen LogP contribution in [0.15, 0.2) is 22.7 Å². The van der Waals surface area contributed by atoms with E-state index in [4.69, 9.17) is 4.74 Å². The number of carboxylic acid groups (broad SMARTS) is 1. The SMILES string of the molecule is COc1ccc(CC(=O)[O-])c(Br)c1. The normalized spacial score (nSPS) is 9.69. The number of carboxylic acids is 1. The van der Waals surface area contributed by atoms with Gasteiger partial charge in [0.15, 0.2) is 0 Å². The van der Waals surface area contributed by atoms with E-state index in [2.05, 4.69) is 15.9 Å². The first-order valence-corrected chi connectivity index (χ1v) is 4.45. The van der Waals surface area contributed by atoms with E-state index in [1.165, 1.54) is 0 Å². The number of carbonyl (C=O) groups is 1. The van der Waals surface area contributed by atoms with Crippen LogP contribution in [0.25, 0.3) is 0 Å². The monoisotopic (exact) mass is 243 g/mol. The number of aliphatic carboxylic acids is 1. The fraction of sp³-hybridized carbons (Fsp3) is 0.222. The molecule has 13 heavy (non-hydrogen) atoms. The summed E-state index contributed by atoms with van der Waals surface area (Å²) in [5.41, 5.74) is 0.681. The summed E-state index contributed by atoms with van der Waals surface area (Å²) in [5.74, 6) is -0.403. The quantitative estimate of drug-likeness (QED) is 0.788. The second-order valence-electron chi connectivity index (χ2n) is 2.51. The maximum Gasteiger partial charge on any atom is 0.120 e. The topological polar surface area (TPSA) is 49.4 Å². The van der Waals surface area contributed by atoms with Crippen molar-refractivity contribution in [3.63, 3.8) is 0 Å². The zero-order chi connectivity index (χ0) is 9.84. The van der Waals surface area contributed by atoms with Crippen LogP contribution in [0.5, 0.6) is 5.75 Å². The number of ether oxygens (including phenoxy) is 1. The number of carbonyl (C=O) groups excluding carboxylic acids is 1. The van der Waals surface area contributed by atoms with E-state index in [1.54, 1.807) is 25.3 Å². The van der Waals surface area contributed by atoms with Gasteiger partial charge in [0.25, 0.3) is 0 Å². The molecule has 4 heteroatoms. The highest BCUT2D eigenvalue weighted by molar-refractivity contribution is 9.10. The number of hydrogen-bond acceptors (Lipinski definition) is 3. The highest BCUT2D eigenvalue weighted by atomic mass is 79.9. The summed E-state index contributed by atoms with van der Waals surface area (Å²) >= 11 is 3.25. The molecule has 0 aliphatic heterocycles. The Kier molecular flexibility index (Phi) is 3.31. The van der Waals surface area contributed by atoms with Gasteiger partial charge >= 0.3 is 0 Å². The number of hydrogen-bond donors (Lipinski definition) is 0. The molecule has 0 saturated carbocycles. The zero-order valence-corrected chi connectivity index (χ0v) is 8.63. The standard InChI is InChI=1S/C9H9BrO3/c1-13-7-3-2-6(4-9(11)12)8(10)5-7/h2-3,5H,4H2,1H3,(H,11,12)/p-1. The van der Waals surface area contributed by atoms with Crippen molar-refractivity contribution in [2.24, 2.45) is 0 Å². The second kappa shape index (κ2) is 4.28. The highest BCUT2D eigenvalue weighted by Crippen LogP contribution is 2.22. The third kappa shape index (κ3) is 2.73. The Bertz CT molecular complexity index is 323. The summed E-state index contributed by atoms with van der Waals surface area (Å²) in [7, 11) is 1.56. The largest absolute Gasteiger partial charge is 0.550 e. The van der Waals surface area contributed by atoms with Crippen molar-refractivity contribution in [3.05, 3.63) is 28.2 Å². The van der Waals surface area contributed by atoms with Crippen LogP contribution in [-0.2, 0) is 11.2 Å². The van der Waals surface area contributed by atoms with Gasteiger partial charge in [0, 0.05) is 16.9 Å². The van der Waals surface area contributed by atoms with E-state index in [0.29, 0.717) is 11.3 Å². The lowest BCUT2D eigenvalue weighted by Gasteiger charge is -2.06. The first kappa shape index (κ1) is 10.1. The fourth-order valence-electron chi connectivity index (χ4n) is 0.954. The Morgan fingerprint density at radius 3 is 2.77 bits per heavy atom. The van der Waals surface area contributed by atoms with E-state index >= 15 is 0 Å². The van der Waals surface area contributed by atoms with Crippen molar-refractivity contribution in [2.45, 2.75) is 6.42 Å². The lowest BCUT2D eigenvalue weighted by atomic mass is 10.1. The summed E-state index contributed by atoms with van der Waals surface area (Å²) < 4.78 is 5.68. The minimum atomic E-state index is -1.09. The first-order valence-electron chi connectivity index (χ1n) is 3.65. The molecule has 0 aliphatic rings. The van der Waals surface area contributed by atoms with Crippen molar-refractivity contribution in [3.8, 4) is 5.75 Å². The molecule has 1 aromatic rings. The van der Waals surface area contributed by atoms with Crippen molar-refractivity contribution < 1.29 is 14.6 Å². The Labute approximate surface area is 84.5 Å². The van der Waals surface area contributed by atoms with E-state index in [9.17, 15) is 9.90 Å². The molecule has 0 aliphatic carbocycles. The average molecular weight is 244 g/mol. The molecule has 0 unspecified atom stereocenters. The van der Waals surface area contributed by atoms with Crippen molar-refractivity contribution in [1.29, 1.82) is 0 Å². The molecular weight excluding hydrogens is 236 g/mol. The lowest BCUT2D eigenvalue weighted by molar-refractivity contribution is -0.304. The fourth-order valence-corrected chi connectivity index (χ4v) is 1.45. The van der Waals surface area contributed by atoms with Crippen LogP contribution >= 0.6 is 15.9 Å². The summed E-state index contributed by atoms with van der Waals surface area (Å²) in [6.07, 6.45) is -0.0927. The Balaban J connectivity index is 2.91. The smallest absolute Gasteiger partial charge is 0.120 e. The van der Waals surface area contributed by atoms with Crippen molar-refractivity contribution in [1.82, 2.24) is 0 Å². The van der Waals surface area contributed by atoms with Gasteiger partial charge in [0.2, 0.25) is 0 Å². The van der Waals surface area contributed by atoms with Crippen LogP contribution in [-0.4, -0.2) is 13.1 Å². The summed E-state index contributed by atoms with van der Waals surface area (Å²) in [6, 6.07) is 5.13. The molecule has 1 aromatic carbocycles. The van der Waals surface area contributed by atoms with Gasteiger partial charge in [-0.3, -0.25) is 0 Å². The average Bonchev–Trinajstić information content (AvgIpc) is 2.08. The molecule has 0 N–H and O–H groups in total. The Morgan fingerprint density at radius 1 is 1.62 bits per heavy atom. The minimum Gasteiger partial charge on any atom is -0.550 e. The molecule has 3 nitrogen and oxygen atoms in total. The Morgan fingerprint density at radius 2 is 2.31 bits per heavy atom. The first-order chi connectivity index (χ1) is 6.13. The summed E-state index contributed by atoms with van der Waals surface area (Å²) in [6.45, 7) is 0. The molecule has 0 spiro atoms. The molecule has 0 amide bonds. The molecular formula is C9H8BrO3-. The molecule has 1 rings (SSSR count). The highest BCUT2D eigenvalue weighted by Gasteiger charge is 2.01.